The van der Waals surface area contributed by atoms with Gasteiger partial charge < -0.3 is 10.2 Å². The Morgan fingerprint density at radius 2 is 1.54 bits per heavy atom. The zero-order valence-electron chi connectivity index (χ0n) is 17.3. The van der Waals surface area contributed by atoms with Crippen molar-refractivity contribution in [1.29, 1.82) is 0 Å². The van der Waals surface area contributed by atoms with Gasteiger partial charge >= 0.3 is 0 Å². The summed E-state index contributed by atoms with van der Waals surface area (Å²) in [6.07, 6.45) is 4.18. The van der Waals surface area contributed by atoms with Crippen LogP contribution in [0.25, 0.3) is 0 Å². The first-order valence-corrected chi connectivity index (χ1v) is 10.4. The molecule has 0 heterocycles. The predicted octanol–water partition coefficient (Wildman–Crippen LogP) is 5.78. The van der Waals surface area contributed by atoms with Crippen molar-refractivity contribution in [3.05, 3.63) is 58.6 Å². The Hall–Kier alpha value is -2.36. The molecule has 0 saturated heterocycles. The predicted molar refractivity (Wildman–Crippen MR) is 111 cm³/mol. The van der Waals surface area contributed by atoms with E-state index in [1.54, 1.807) is 0 Å². The molecule has 0 aromatic heterocycles. The van der Waals surface area contributed by atoms with Crippen LogP contribution < -0.4 is 0 Å². The summed E-state index contributed by atoms with van der Waals surface area (Å²) in [5.41, 5.74) is 0.184. The summed E-state index contributed by atoms with van der Waals surface area (Å²) in [5.74, 6) is -1.10. The van der Waals surface area contributed by atoms with Gasteiger partial charge in [-0.1, -0.05) is 70.4 Å². The van der Waals surface area contributed by atoms with E-state index in [0.717, 1.165) is 5.56 Å². The second-order valence-electron chi connectivity index (χ2n) is 7.62. The molecule has 0 aliphatic heterocycles. The van der Waals surface area contributed by atoms with Crippen LogP contribution in [0.2, 0.25) is 0 Å². The van der Waals surface area contributed by atoms with Crippen molar-refractivity contribution in [3.63, 3.8) is 0 Å². The van der Waals surface area contributed by atoms with Crippen molar-refractivity contribution in [3.8, 4) is 0 Å². The van der Waals surface area contributed by atoms with Gasteiger partial charge in [-0.3, -0.25) is 9.59 Å². The molecule has 0 saturated carbocycles. The minimum Gasteiger partial charge on any atom is -0.511 e. The molecule has 28 heavy (non-hydrogen) atoms. The fourth-order valence-electron chi connectivity index (χ4n) is 4.22. The molecule has 1 aromatic rings. The number of aliphatic hydroxyl groups excluding tert-OH is 2. The van der Waals surface area contributed by atoms with Gasteiger partial charge in [0, 0.05) is 12.0 Å². The molecular weight excluding hydrogens is 352 g/mol. The van der Waals surface area contributed by atoms with Crippen LogP contribution in [0.1, 0.15) is 71.3 Å². The van der Waals surface area contributed by atoms with Crippen LogP contribution >= 0.6 is 0 Å². The van der Waals surface area contributed by atoms with E-state index >= 15 is 0 Å². The average Bonchev–Trinajstić information content (AvgIpc) is 2.69. The maximum atomic E-state index is 13.4. The molecule has 4 nitrogen and oxygen atoms in total. The van der Waals surface area contributed by atoms with E-state index in [1.165, 1.54) is 0 Å². The Bertz CT molecular complexity index is 765. The molecule has 0 amide bonds. The third-order valence-corrected chi connectivity index (χ3v) is 5.54. The lowest BCUT2D eigenvalue weighted by atomic mass is 9.66. The maximum Gasteiger partial charge on any atom is 0.183 e. The molecule has 1 aliphatic carbocycles. The molecule has 2 N–H and O–H groups in total. The van der Waals surface area contributed by atoms with Crippen LogP contribution in [-0.4, -0.2) is 21.8 Å². The number of aliphatic hydroxyl groups is 2. The molecule has 4 heteroatoms. The monoisotopic (exact) mass is 384 g/mol. The number of Topliss-reactive ketones (excluding diaryl/α,β-unsaturated/α-hetero) is 2. The van der Waals surface area contributed by atoms with E-state index in [-0.39, 0.29) is 29.3 Å². The van der Waals surface area contributed by atoms with Crippen molar-refractivity contribution >= 4 is 11.6 Å². The number of benzene rings is 1. The lowest BCUT2D eigenvalue weighted by Crippen LogP contribution is -2.41. The van der Waals surface area contributed by atoms with E-state index in [2.05, 4.69) is 0 Å². The zero-order valence-corrected chi connectivity index (χ0v) is 17.3. The van der Waals surface area contributed by atoms with Crippen molar-refractivity contribution in [1.82, 2.24) is 0 Å². The topological polar surface area (TPSA) is 74.6 Å². The maximum absolute atomic E-state index is 13.4. The summed E-state index contributed by atoms with van der Waals surface area (Å²) < 4.78 is 0. The van der Waals surface area contributed by atoms with Gasteiger partial charge in [-0.05, 0) is 31.2 Å². The van der Waals surface area contributed by atoms with Crippen molar-refractivity contribution in [2.24, 2.45) is 5.41 Å². The quantitative estimate of drug-likeness (QED) is 0.501. The van der Waals surface area contributed by atoms with Gasteiger partial charge in [0.05, 0.1) is 5.41 Å². The highest BCUT2D eigenvalue weighted by Crippen LogP contribution is 2.47. The number of carbonyl (C=O) groups is 2. The Labute approximate surface area is 168 Å². The fraction of sp³-hybridized carbons (Fsp3) is 0.500. The highest BCUT2D eigenvalue weighted by Gasteiger charge is 2.49. The molecule has 2 rings (SSSR count). The number of rotatable bonds is 10. The first-order chi connectivity index (χ1) is 13.4. The number of aryl methyl sites for hydroxylation is 1. The lowest BCUT2D eigenvalue weighted by Gasteiger charge is -2.37. The van der Waals surface area contributed by atoms with Gasteiger partial charge in [-0.2, -0.15) is 0 Å². The van der Waals surface area contributed by atoms with Crippen molar-refractivity contribution in [2.75, 3.05) is 0 Å². The van der Waals surface area contributed by atoms with E-state index in [9.17, 15) is 19.8 Å². The molecule has 1 aromatic carbocycles. The smallest absolute Gasteiger partial charge is 0.183 e. The minimum absolute atomic E-state index is 0.0276. The average molecular weight is 385 g/mol. The zero-order chi connectivity index (χ0) is 20.7. The van der Waals surface area contributed by atoms with Crippen LogP contribution in [0.4, 0.5) is 0 Å². The standard InChI is InChI=1S/C24H32O4/c1-4-10-18-21(26)20(19(25)14-13-17-11-8-7-9-12-17)23(28)24(15-5-2,16-6-3)22(18)27/h7-9,11-12,26-27H,4-6,10,13-16H2,1-3H3. The van der Waals surface area contributed by atoms with Crippen LogP contribution in [0, 0.1) is 5.41 Å². The Morgan fingerprint density at radius 1 is 0.929 bits per heavy atom. The number of hydrogen-bond donors (Lipinski definition) is 2. The highest BCUT2D eigenvalue weighted by molar-refractivity contribution is 6.24. The second-order valence-corrected chi connectivity index (χ2v) is 7.62. The number of allylic oxidation sites excluding steroid dienone is 3. The van der Waals surface area contributed by atoms with E-state index in [4.69, 9.17) is 0 Å². The summed E-state index contributed by atoms with van der Waals surface area (Å²) in [7, 11) is 0. The highest BCUT2D eigenvalue weighted by atomic mass is 16.3. The molecule has 0 fully saturated rings. The number of ketones is 2. The molecule has 0 bridgehead atoms. The van der Waals surface area contributed by atoms with Gasteiger partial charge in [0.15, 0.2) is 11.6 Å². The summed E-state index contributed by atoms with van der Waals surface area (Å²) >= 11 is 0. The van der Waals surface area contributed by atoms with Gasteiger partial charge in [0.25, 0.3) is 0 Å². The minimum atomic E-state index is -1.09. The third kappa shape index (κ3) is 4.21. The Kier molecular flexibility index (Phi) is 7.61. The Morgan fingerprint density at radius 3 is 2.07 bits per heavy atom. The van der Waals surface area contributed by atoms with Crippen LogP contribution in [-0.2, 0) is 16.0 Å². The van der Waals surface area contributed by atoms with E-state index < -0.39 is 11.2 Å². The van der Waals surface area contributed by atoms with Crippen molar-refractivity contribution < 1.29 is 19.8 Å². The van der Waals surface area contributed by atoms with Gasteiger partial charge in [-0.25, -0.2) is 0 Å². The molecule has 0 unspecified atom stereocenters. The van der Waals surface area contributed by atoms with Crippen molar-refractivity contribution in [2.45, 2.75) is 72.1 Å². The van der Waals surface area contributed by atoms with Gasteiger partial charge in [0.2, 0.25) is 0 Å². The summed E-state index contributed by atoms with van der Waals surface area (Å²) in [6.45, 7) is 5.88. The van der Waals surface area contributed by atoms with Crippen LogP contribution in [0.15, 0.2) is 53.0 Å². The van der Waals surface area contributed by atoms with E-state index in [1.807, 2.05) is 51.1 Å². The summed E-state index contributed by atoms with van der Waals surface area (Å²) in [4.78, 5) is 26.4. The van der Waals surface area contributed by atoms with Gasteiger partial charge in [0.1, 0.15) is 17.1 Å². The molecule has 1 aliphatic rings. The largest absolute Gasteiger partial charge is 0.511 e. The van der Waals surface area contributed by atoms with E-state index in [0.29, 0.717) is 50.5 Å². The normalized spacial score (nSPS) is 16.6. The second kappa shape index (κ2) is 9.72. The first kappa shape index (κ1) is 21.9. The first-order valence-electron chi connectivity index (χ1n) is 10.4. The SMILES string of the molecule is CCCC1=C(O)C(CCC)(CCC)C(=O)C(C(=O)CCc2ccccc2)=C1O. The summed E-state index contributed by atoms with van der Waals surface area (Å²) in [5, 5.41) is 21.7. The van der Waals surface area contributed by atoms with Crippen LogP contribution in [0.3, 0.4) is 0 Å². The molecular formula is C24H32O4. The summed E-state index contributed by atoms with van der Waals surface area (Å²) in [6, 6.07) is 9.62. The lowest BCUT2D eigenvalue weighted by molar-refractivity contribution is -0.129. The molecule has 0 atom stereocenters. The number of hydrogen-bond acceptors (Lipinski definition) is 4. The molecule has 152 valence electrons. The Balaban J connectivity index is 2.44. The fourth-order valence-corrected chi connectivity index (χ4v) is 4.22. The van der Waals surface area contributed by atoms with Gasteiger partial charge in [-0.15, -0.1) is 0 Å². The number of carbonyl (C=O) groups excluding carboxylic acids is 2. The van der Waals surface area contributed by atoms with Crippen LogP contribution in [0.5, 0.6) is 0 Å². The third-order valence-electron chi connectivity index (χ3n) is 5.54. The molecule has 0 spiro atoms. The molecule has 0 radical (unpaired) electrons.